The molecule has 24 heavy (non-hydrogen) atoms. The molecule has 7 nitrogen and oxygen atoms in total. The van der Waals surface area contributed by atoms with Crippen LogP contribution >= 0.6 is 24.0 Å². The maximum Gasteiger partial charge on any atom is 0.211 e. The normalized spacial score (nSPS) is 17.3. The molecule has 1 aliphatic rings. The summed E-state index contributed by atoms with van der Waals surface area (Å²) in [7, 11) is -1.31. The molecular formula is C15H27IN4O3S. The van der Waals surface area contributed by atoms with Crippen molar-refractivity contribution in [2.75, 3.05) is 39.5 Å². The number of hydrogen-bond donors (Lipinski definition) is 2. The van der Waals surface area contributed by atoms with Crippen LogP contribution in [0.4, 0.5) is 0 Å². The van der Waals surface area contributed by atoms with E-state index in [9.17, 15) is 8.42 Å². The first kappa shape index (κ1) is 21.2. The van der Waals surface area contributed by atoms with Gasteiger partial charge in [0.15, 0.2) is 5.96 Å². The maximum atomic E-state index is 11.5. The molecule has 0 aromatic carbocycles. The lowest BCUT2D eigenvalue weighted by Gasteiger charge is -2.30. The molecule has 2 heterocycles. The number of nitrogens with one attached hydrogen (secondary N) is 2. The maximum absolute atomic E-state index is 11.5. The zero-order chi connectivity index (χ0) is 16.7. The molecule has 0 atom stereocenters. The number of halogens is 1. The van der Waals surface area contributed by atoms with Gasteiger partial charge in [0.2, 0.25) is 10.0 Å². The first-order valence-corrected chi connectivity index (χ1v) is 9.76. The van der Waals surface area contributed by atoms with Gasteiger partial charge in [-0.05, 0) is 30.9 Å². The molecule has 1 aromatic heterocycles. The average molecular weight is 470 g/mol. The number of guanidine groups is 1. The fourth-order valence-corrected chi connectivity index (χ4v) is 3.54. The number of piperidine rings is 1. The van der Waals surface area contributed by atoms with Crippen molar-refractivity contribution in [1.29, 1.82) is 0 Å². The zero-order valence-electron chi connectivity index (χ0n) is 14.2. The number of aliphatic imine (C=N–C) groups is 1. The van der Waals surface area contributed by atoms with E-state index in [-0.39, 0.29) is 24.0 Å². The second-order valence-corrected chi connectivity index (χ2v) is 7.80. The van der Waals surface area contributed by atoms with Crippen LogP contribution in [0, 0.1) is 5.92 Å². The molecule has 1 aliphatic heterocycles. The molecule has 9 heteroatoms. The van der Waals surface area contributed by atoms with Crippen molar-refractivity contribution in [3.05, 3.63) is 24.2 Å². The highest BCUT2D eigenvalue weighted by molar-refractivity contribution is 14.0. The van der Waals surface area contributed by atoms with E-state index < -0.39 is 10.0 Å². The van der Waals surface area contributed by atoms with E-state index in [2.05, 4.69) is 15.6 Å². The molecule has 0 bridgehead atoms. The van der Waals surface area contributed by atoms with Crippen molar-refractivity contribution in [2.24, 2.45) is 10.9 Å². The highest BCUT2D eigenvalue weighted by Crippen LogP contribution is 2.18. The van der Waals surface area contributed by atoms with E-state index in [4.69, 9.17) is 4.42 Å². The van der Waals surface area contributed by atoms with Crippen LogP contribution in [0.25, 0.3) is 0 Å². The van der Waals surface area contributed by atoms with Crippen LogP contribution in [0.1, 0.15) is 18.6 Å². The third-order valence-electron chi connectivity index (χ3n) is 4.07. The van der Waals surface area contributed by atoms with E-state index in [0.29, 0.717) is 19.0 Å². The van der Waals surface area contributed by atoms with Gasteiger partial charge in [-0.2, -0.15) is 0 Å². The lowest BCUT2D eigenvalue weighted by atomic mass is 9.98. The van der Waals surface area contributed by atoms with Crippen molar-refractivity contribution in [3.8, 4) is 0 Å². The molecule has 0 saturated carbocycles. The summed E-state index contributed by atoms with van der Waals surface area (Å²) in [5, 5.41) is 6.57. The minimum absolute atomic E-state index is 0. The van der Waals surface area contributed by atoms with Crippen LogP contribution in [0.15, 0.2) is 27.8 Å². The highest BCUT2D eigenvalue weighted by atomic mass is 127. The Hall–Kier alpha value is -0.810. The molecule has 0 aliphatic carbocycles. The highest BCUT2D eigenvalue weighted by Gasteiger charge is 2.24. The monoisotopic (exact) mass is 470 g/mol. The summed E-state index contributed by atoms with van der Waals surface area (Å²) >= 11 is 0. The molecule has 0 amide bonds. The molecule has 0 unspecified atom stereocenters. The predicted molar refractivity (Wildman–Crippen MR) is 106 cm³/mol. The number of nitrogens with zero attached hydrogens (tertiary/aromatic N) is 2. The van der Waals surface area contributed by atoms with Crippen molar-refractivity contribution >= 4 is 40.0 Å². The van der Waals surface area contributed by atoms with Gasteiger partial charge in [0, 0.05) is 39.6 Å². The topological polar surface area (TPSA) is 86.9 Å². The van der Waals surface area contributed by atoms with Gasteiger partial charge in [-0.25, -0.2) is 12.7 Å². The quantitative estimate of drug-likeness (QED) is 0.372. The summed E-state index contributed by atoms with van der Waals surface area (Å²) < 4.78 is 29.8. The van der Waals surface area contributed by atoms with Crippen molar-refractivity contribution in [2.45, 2.75) is 19.3 Å². The summed E-state index contributed by atoms with van der Waals surface area (Å²) in [4.78, 5) is 4.20. The number of rotatable bonds is 6. The Bertz CT molecular complexity index is 596. The molecule has 1 aromatic rings. The predicted octanol–water partition coefficient (Wildman–Crippen LogP) is 1.28. The first-order valence-electron chi connectivity index (χ1n) is 7.91. The second-order valence-electron chi connectivity index (χ2n) is 5.81. The van der Waals surface area contributed by atoms with Gasteiger partial charge in [0.05, 0.1) is 12.5 Å². The Kier molecular flexibility index (Phi) is 9.06. The zero-order valence-corrected chi connectivity index (χ0v) is 17.3. The van der Waals surface area contributed by atoms with E-state index >= 15 is 0 Å². The van der Waals surface area contributed by atoms with Gasteiger partial charge < -0.3 is 15.1 Å². The summed E-state index contributed by atoms with van der Waals surface area (Å²) in [6, 6.07) is 3.83. The van der Waals surface area contributed by atoms with Gasteiger partial charge in [-0.15, -0.1) is 24.0 Å². The first-order chi connectivity index (χ1) is 11.0. The molecule has 2 N–H and O–H groups in total. The average Bonchev–Trinajstić information content (AvgIpc) is 3.03. The van der Waals surface area contributed by atoms with Crippen molar-refractivity contribution < 1.29 is 12.8 Å². The van der Waals surface area contributed by atoms with E-state index in [1.54, 1.807) is 17.6 Å². The van der Waals surface area contributed by atoms with Crippen LogP contribution in [-0.2, 0) is 16.4 Å². The van der Waals surface area contributed by atoms with Crippen LogP contribution < -0.4 is 10.6 Å². The molecule has 2 rings (SSSR count). The summed E-state index contributed by atoms with van der Waals surface area (Å²) in [6.07, 6.45) is 5.51. The Morgan fingerprint density at radius 2 is 2.08 bits per heavy atom. The van der Waals surface area contributed by atoms with Gasteiger partial charge in [-0.3, -0.25) is 4.99 Å². The van der Waals surface area contributed by atoms with E-state index in [1.807, 2.05) is 12.1 Å². The fourth-order valence-electron chi connectivity index (χ4n) is 2.67. The minimum atomic E-state index is -3.05. The number of furan rings is 1. The Morgan fingerprint density at radius 3 is 2.62 bits per heavy atom. The third-order valence-corrected chi connectivity index (χ3v) is 5.37. The SMILES string of the molecule is CN=C(NCCc1ccco1)NCC1CCN(S(C)(=O)=O)CC1.I. The second kappa shape index (κ2) is 10.2. The standard InChI is InChI=1S/C15H26N4O3S.HI/c1-16-15(17-8-5-14-4-3-11-22-14)18-12-13-6-9-19(10-7-13)23(2,20)21;/h3-4,11,13H,5-10,12H2,1-2H3,(H2,16,17,18);1H. The summed E-state index contributed by atoms with van der Waals surface area (Å²) in [6.45, 7) is 2.77. The molecule has 1 fully saturated rings. The molecule has 0 radical (unpaired) electrons. The van der Waals surface area contributed by atoms with E-state index in [0.717, 1.165) is 44.1 Å². The van der Waals surface area contributed by atoms with Crippen LogP contribution in [0.3, 0.4) is 0 Å². The van der Waals surface area contributed by atoms with E-state index in [1.165, 1.54) is 6.26 Å². The van der Waals surface area contributed by atoms with Crippen LogP contribution in [0.5, 0.6) is 0 Å². The Labute approximate surface area is 161 Å². The molecular weight excluding hydrogens is 443 g/mol. The number of hydrogen-bond acceptors (Lipinski definition) is 4. The van der Waals surface area contributed by atoms with Gasteiger partial charge in [-0.1, -0.05) is 0 Å². The Morgan fingerprint density at radius 1 is 1.38 bits per heavy atom. The van der Waals surface area contributed by atoms with Crippen molar-refractivity contribution in [3.63, 3.8) is 0 Å². The van der Waals surface area contributed by atoms with Gasteiger partial charge >= 0.3 is 0 Å². The lowest BCUT2D eigenvalue weighted by molar-refractivity contribution is 0.275. The van der Waals surface area contributed by atoms with Crippen LogP contribution in [0.2, 0.25) is 0 Å². The smallest absolute Gasteiger partial charge is 0.211 e. The van der Waals surface area contributed by atoms with Gasteiger partial charge in [0.25, 0.3) is 0 Å². The molecule has 0 spiro atoms. The largest absolute Gasteiger partial charge is 0.469 e. The summed E-state index contributed by atoms with van der Waals surface area (Å²) in [5.41, 5.74) is 0. The molecule has 138 valence electrons. The third kappa shape index (κ3) is 6.98. The lowest BCUT2D eigenvalue weighted by Crippen LogP contribution is -2.44. The van der Waals surface area contributed by atoms with Crippen molar-refractivity contribution in [1.82, 2.24) is 14.9 Å². The number of sulfonamides is 1. The minimum Gasteiger partial charge on any atom is -0.469 e. The van der Waals surface area contributed by atoms with Gasteiger partial charge in [0.1, 0.15) is 5.76 Å². The van der Waals surface area contributed by atoms with Crippen LogP contribution in [-0.4, -0.2) is 58.2 Å². The summed E-state index contributed by atoms with van der Waals surface area (Å²) in [5.74, 6) is 2.18. The fraction of sp³-hybridized carbons (Fsp3) is 0.667. The Balaban J connectivity index is 0.00000288. The molecule has 1 saturated heterocycles.